The molecule has 7 heteroatoms. The highest BCUT2D eigenvalue weighted by molar-refractivity contribution is 6.28. The van der Waals surface area contributed by atoms with Crippen molar-refractivity contribution in [2.45, 2.75) is 19.4 Å². The molecule has 0 fully saturated rings. The van der Waals surface area contributed by atoms with Gasteiger partial charge in [0.05, 0.1) is 18.2 Å². The van der Waals surface area contributed by atoms with Crippen LogP contribution >= 0.6 is 11.6 Å². The Morgan fingerprint density at radius 3 is 2.90 bits per heavy atom. The second-order valence-electron chi connectivity index (χ2n) is 4.62. The molecule has 0 aliphatic carbocycles. The Kier molecular flexibility index (Phi) is 4.93. The standard InChI is InChI=1S/C14H16ClN3O3/c1-8(5-6-19)16-12-10-4-3-9(13(20)21-2)7-11(10)17-14(15)18-12/h3-4,7-8,19H,5-6H2,1-2H3,(H,16,17,18). The summed E-state index contributed by atoms with van der Waals surface area (Å²) in [5.41, 5.74) is 0.950. The van der Waals surface area contributed by atoms with Gasteiger partial charge in [0.15, 0.2) is 0 Å². The lowest BCUT2D eigenvalue weighted by Crippen LogP contribution is -2.18. The van der Waals surface area contributed by atoms with E-state index in [-0.39, 0.29) is 17.9 Å². The van der Waals surface area contributed by atoms with Crippen molar-refractivity contribution in [3.63, 3.8) is 0 Å². The average Bonchev–Trinajstić information content (AvgIpc) is 2.45. The van der Waals surface area contributed by atoms with E-state index in [1.165, 1.54) is 7.11 Å². The van der Waals surface area contributed by atoms with Gasteiger partial charge in [-0.05, 0) is 43.1 Å². The van der Waals surface area contributed by atoms with Gasteiger partial charge in [-0.25, -0.2) is 14.8 Å². The van der Waals surface area contributed by atoms with Crippen LogP contribution in [0.4, 0.5) is 5.82 Å². The van der Waals surface area contributed by atoms with E-state index in [0.29, 0.717) is 23.3 Å². The number of rotatable bonds is 5. The number of nitrogens with zero attached hydrogens (tertiary/aromatic N) is 2. The van der Waals surface area contributed by atoms with Crippen LogP contribution in [0.3, 0.4) is 0 Å². The number of nitrogens with one attached hydrogen (secondary N) is 1. The molecule has 1 aromatic carbocycles. The number of hydrogen-bond acceptors (Lipinski definition) is 6. The predicted molar refractivity (Wildman–Crippen MR) is 80.7 cm³/mol. The van der Waals surface area contributed by atoms with Gasteiger partial charge >= 0.3 is 5.97 Å². The van der Waals surface area contributed by atoms with Crippen molar-refractivity contribution in [1.82, 2.24) is 9.97 Å². The number of ether oxygens (including phenoxy) is 1. The van der Waals surface area contributed by atoms with Crippen molar-refractivity contribution < 1.29 is 14.6 Å². The molecule has 0 spiro atoms. The lowest BCUT2D eigenvalue weighted by Gasteiger charge is -2.15. The number of hydrogen-bond donors (Lipinski definition) is 2. The highest BCUT2D eigenvalue weighted by Gasteiger charge is 2.12. The van der Waals surface area contributed by atoms with Gasteiger partial charge in [-0.3, -0.25) is 0 Å². The average molecular weight is 310 g/mol. The summed E-state index contributed by atoms with van der Waals surface area (Å²) in [6.45, 7) is 2.01. The maximum absolute atomic E-state index is 11.5. The molecule has 0 radical (unpaired) electrons. The van der Waals surface area contributed by atoms with Crippen LogP contribution in [0.5, 0.6) is 0 Å². The number of aromatic nitrogens is 2. The highest BCUT2D eigenvalue weighted by atomic mass is 35.5. The van der Waals surface area contributed by atoms with Crippen molar-refractivity contribution in [3.05, 3.63) is 29.0 Å². The van der Waals surface area contributed by atoms with E-state index < -0.39 is 5.97 Å². The quantitative estimate of drug-likeness (QED) is 0.651. The van der Waals surface area contributed by atoms with Crippen LogP contribution in [0.15, 0.2) is 18.2 Å². The second-order valence-corrected chi connectivity index (χ2v) is 4.96. The monoisotopic (exact) mass is 309 g/mol. The molecule has 21 heavy (non-hydrogen) atoms. The van der Waals surface area contributed by atoms with Gasteiger partial charge in [0.1, 0.15) is 5.82 Å². The molecule has 0 saturated heterocycles. The number of benzene rings is 1. The third-order valence-corrected chi connectivity index (χ3v) is 3.20. The number of carbonyl (C=O) groups excluding carboxylic acids is 1. The molecule has 0 bridgehead atoms. The number of esters is 1. The second kappa shape index (κ2) is 6.69. The minimum absolute atomic E-state index is 0.0319. The van der Waals surface area contributed by atoms with E-state index in [1.807, 2.05) is 6.92 Å². The lowest BCUT2D eigenvalue weighted by molar-refractivity contribution is 0.0601. The van der Waals surface area contributed by atoms with E-state index >= 15 is 0 Å². The largest absolute Gasteiger partial charge is 0.465 e. The Morgan fingerprint density at radius 2 is 2.24 bits per heavy atom. The van der Waals surface area contributed by atoms with Crippen molar-refractivity contribution in [2.75, 3.05) is 19.0 Å². The number of anilines is 1. The van der Waals surface area contributed by atoms with Crippen LogP contribution in [0.1, 0.15) is 23.7 Å². The molecule has 1 atom stereocenters. The van der Waals surface area contributed by atoms with Crippen molar-refractivity contribution in [1.29, 1.82) is 0 Å². The fraction of sp³-hybridized carbons (Fsp3) is 0.357. The molecule has 1 aromatic heterocycles. The third kappa shape index (κ3) is 3.59. The number of halogens is 1. The zero-order chi connectivity index (χ0) is 15.4. The molecule has 2 rings (SSSR count). The Bertz CT molecular complexity index is 663. The zero-order valence-corrected chi connectivity index (χ0v) is 12.5. The van der Waals surface area contributed by atoms with Crippen LogP contribution in [-0.2, 0) is 4.74 Å². The van der Waals surface area contributed by atoms with Crippen molar-refractivity contribution in [2.24, 2.45) is 0 Å². The summed E-state index contributed by atoms with van der Waals surface area (Å²) in [6, 6.07) is 5.03. The molecule has 0 aliphatic rings. The molecule has 0 saturated carbocycles. The van der Waals surface area contributed by atoms with Gasteiger partial charge in [-0.1, -0.05) is 0 Å². The lowest BCUT2D eigenvalue weighted by atomic mass is 10.1. The first-order chi connectivity index (χ1) is 10.0. The number of aliphatic hydroxyl groups excluding tert-OH is 1. The molecule has 1 heterocycles. The van der Waals surface area contributed by atoms with Gasteiger partial charge < -0.3 is 15.2 Å². The Hall–Kier alpha value is -1.92. The van der Waals surface area contributed by atoms with Crippen molar-refractivity contribution in [3.8, 4) is 0 Å². The van der Waals surface area contributed by atoms with Gasteiger partial charge in [0.2, 0.25) is 5.28 Å². The van der Waals surface area contributed by atoms with Crippen LogP contribution < -0.4 is 5.32 Å². The first-order valence-corrected chi connectivity index (χ1v) is 6.86. The van der Waals surface area contributed by atoms with Crippen LogP contribution in [0.2, 0.25) is 5.28 Å². The highest BCUT2D eigenvalue weighted by Crippen LogP contribution is 2.24. The van der Waals surface area contributed by atoms with E-state index in [1.54, 1.807) is 18.2 Å². The minimum atomic E-state index is -0.435. The van der Waals surface area contributed by atoms with Crippen LogP contribution in [-0.4, -0.2) is 40.8 Å². The predicted octanol–water partition coefficient (Wildman–Crippen LogP) is 2.25. The molecule has 2 aromatic rings. The maximum atomic E-state index is 11.5. The molecule has 2 N–H and O–H groups in total. The zero-order valence-electron chi connectivity index (χ0n) is 11.8. The molecular formula is C14H16ClN3O3. The summed E-state index contributed by atoms with van der Waals surface area (Å²) < 4.78 is 4.68. The molecular weight excluding hydrogens is 294 g/mol. The number of methoxy groups -OCH3 is 1. The summed E-state index contributed by atoms with van der Waals surface area (Å²) in [4.78, 5) is 19.8. The normalized spacial score (nSPS) is 12.2. The van der Waals surface area contributed by atoms with Gasteiger partial charge in [0, 0.05) is 18.0 Å². The Morgan fingerprint density at radius 1 is 1.48 bits per heavy atom. The molecule has 0 aliphatic heterocycles. The van der Waals surface area contributed by atoms with Crippen LogP contribution in [0.25, 0.3) is 10.9 Å². The molecule has 1 unspecified atom stereocenters. The van der Waals surface area contributed by atoms with Gasteiger partial charge in [-0.2, -0.15) is 0 Å². The van der Waals surface area contributed by atoms with E-state index in [4.69, 9.17) is 16.7 Å². The topological polar surface area (TPSA) is 84.3 Å². The first kappa shape index (κ1) is 15.5. The minimum Gasteiger partial charge on any atom is -0.465 e. The smallest absolute Gasteiger partial charge is 0.337 e. The molecule has 112 valence electrons. The third-order valence-electron chi connectivity index (χ3n) is 3.04. The summed E-state index contributed by atoms with van der Waals surface area (Å²) in [5.74, 6) is 0.136. The van der Waals surface area contributed by atoms with Crippen molar-refractivity contribution >= 4 is 34.3 Å². The fourth-order valence-electron chi connectivity index (χ4n) is 1.96. The fourth-order valence-corrected chi connectivity index (χ4v) is 2.13. The number of carbonyl (C=O) groups is 1. The number of aliphatic hydroxyl groups is 1. The van der Waals surface area contributed by atoms with Gasteiger partial charge in [-0.15, -0.1) is 0 Å². The maximum Gasteiger partial charge on any atom is 0.337 e. The number of fused-ring (bicyclic) bond motifs is 1. The SMILES string of the molecule is COC(=O)c1ccc2c(NC(C)CCO)nc(Cl)nc2c1. The summed E-state index contributed by atoms with van der Waals surface area (Å²) in [6.07, 6.45) is 0.587. The van der Waals surface area contributed by atoms with E-state index in [2.05, 4.69) is 20.0 Å². The summed E-state index contributed by atoms with van der Waals surface area (Å²) >= 11 is 5.92. The Labute approximate surface area is 127 Å². The molecule has 6 nitrogen and oxygen atoms in total. The van der Waals surface area contributed by atoms with E-state index in [9.17, 15) is 4.79 Å². The van der Waals surface area contributed by atoms with Crippen LogP contribution in [0, 0.1) is 0 Å². The van der Waals surface area contributed by atoms with Gasteiger partial charge in [0.25, 0.3) is 0 Å². The molecule has 0 amide bonds. The summed E-state index contributed by atoms with van der Waals surface area (Å²) in [7, 11) is 1.32. The Balaban J connectivity index is 2.44. The summed E-state index contributed by atoms with van der Waals surface area (Å²) in [5, 5.41) is 13.0. The first-order valence-electron chi connectivity index (χ1n) is 6.48. The van der Waals surface area contributed by atoms with E-state index in [0.717, 1.165) is 5.39 Å².